The van der Waals surface area contributed by atoms with Gasteiger partial charge in [0.1, 0.15) is 5.52 Å². The average molecular weight is 262 g/mol. The third-order valence-electron chi connectivity index (χ3n) is 3.09. The second kappa shape index (κ2) is 4.94. The van der Waals surface area contributed by atoms with E-state index in [1.807, 2.05) is 18.2 Å². The molecule has 96 valence electrons. The number of hydrogen-bond acceptors (Lipinski definition) is 4. The van der Waals surface area contributed by atoms with Crippen LogP contribution in [0.5, 0.6) is 0 Å². The lowest BCUT2D eigenvalue weighted by Gasteiger charge is -2.06. The summed E-state index contributed by atoms with van der Waals surface area (Å²) >= 11 is 0. The first-order valence-corrected chi connectivity index (χ1v) is 6.10. The van der Waals surface area contributed by atoms with Crippen molar-refractivity contribution in [3.63, 3.8) is 0 Å². The molecule has 0 radical (unpaired) electrons. The maximum atomic E-state index is 12.3. The van der Waals surface area contributed by atoms with Crippen molar-refractivity contribution in [3.8, 4) is 6.07 Å². The number of aromatic nitrogens is 3. The predicted molar refractivity (Wildman–Crippen MR) is 74.1 cm³/mol. The first kappa shape index (κ1) is 12.1. The highest BCUT2D eigenvalue weighted by atomic mass is 16.1. The third-order valence-corrected chi connectivity index (χ3v) is 3.09. The number of fused-ring (bicyclic) bond motifs is 1. The standard InChI is InChI=1S/C15H10N4O/c16-9-11-5-1-2-6-12(11)10-19-15(20)13-7-3-4-8-14(13)17-18-19/h1-8H,10H2. The molecule has 0 aliphatic heterocycles. The molecule has 3 rings (SSSR count). The Labute approximate surface area is 114 Å². The molecule has 5 heteroatoms. The third kappa shape index (κ3) is 2.04. The lowest BCUT2D eigenvalue weighted by atomic mass is 10.1. The van der Waals surface area contributed by atoms with Gasteiger partial charge in [0.05, 0.1) is 23.6 Å². The van der Waals surface area contributed by atoms with E-state index in [9.17, 15) is 4.79 Å². The summed E-state index contributed by atoms with van der Waals surface area (Å²) in [6, 6.07) is 16.3. The maximum Gasteiger partial charge on any atom is 0.277 e. The minimum absolute atomic E-state index is 0.205. The Bertz CT molecular complexity index is 877. The van der Waals surface area contributed by atoms with Gasteiger partial charge in [0, 0.05) is 0 Å². The molecule has 2 aromatic carbocycles. The van der Waals surface area contributed by atoms with Crippen molar-refractivity contribution in [1.29, 1.82) is 5.26 Å². The smallest absolute Gasteiger partial charge is 0.267 e. The van der Waals surface area contributed by atoms with E-state index in [0.717, 1.165) is 5.56 Å². The Morgan fingerprint density at radius 1 is 1.10 bits per heavy atom. The Kier molecular flexibility index (Phi) is 2.98. The second-order valence-electron chi connectivity index (χ2n) is 4.34. The summed E-state index contributed by atoms with van der Waals surface area (Å²) in [5, 5.41) is 17.5. The van der Waals surface area contributed by atoms with Crippen LogP contribution >= 0.6 is 0 Å². The second-order valence-corrected chi connectivity index (χ2v) is 4.34. The highest BCUT2D eigenvalue weighted by Crippen LogP contribution is 2.09. The van der Waals surface area contributed by atoms with Gasteiger partial charge in [0.2, 0.25) is 0 Å². The molecule has 0 fully saturated rings. The maximum absolute atomic E-state index is 12.3. The zero-order valence-electron chi connectivity index (χ0n) is 10.5. The van der Waals surface area contributed by atoms with E-state index >= 15 is 0 Å². The Balaban J connectivity index is 2.10. The van der Waals surface area contributed by atoms with Crippen molar-refractivity contribution in [2.75, 3.05) is 0 Å². The van der Waals surface area contributed by atoms with E-state index in [4.69, 9.17) is 5.26 Å². The van der Waals surface area contributed by atoms with Crippen LogP contribution in [0.4, 0.5) is 0 Å². The summed E-state index contributed by atoms with van der Waals surface area (Å²) in [5.41, 5.74) is 1.65. The van der Waals surface area contributed by atoms with Gasteiger partial charge in [-0.15, -0.1) is 5.10 Å². The summed E-state index contributed by atoms with van der Waals surface area (Å²) in [5.74, 6) is 0. The first-order valence-electron chi connectivity index (χ1n) is 6.10. The molecule has 0 amide bonds. The van der Waals surface area contributed by atoms with Gasteiger partial charge in [0.25, 0.3) is 5.56 Å². The van der Waals surface area contributed by atoms with Crippen LogP contribution in [0.3, 0.4) is 0 Å². The molecule has 0 atom stereocenters. The molecule has 20 heavy (non-hydrogen) atoms. The molecule has 0 saturated heterocycles. The molecule has 0 bridgehead atoms. The average Bonchev–Trinajstić information content (AvgIpc) is 2.51. The van der Waals surface area contributed by atoms with Gasteiger partial charge in [-0.2, -0.15) is 5.26 Å². The molecule has 0 aliphatic carbocycles. The van der Waals surface area contributed by atoms with Crippen molar-refractivity contribution in [2.24, 2.45) is 0 Å². The van der Waals surface area contributed by atoms with E-state index in [2.05, 4.69) is 16.4 Å². The van der Waals surface area contributed by atoms with Gasteiger partial charge in [0.15, 0.2) is 0 Å². The lowest BCUT2D eigenvalue weighted by Crippen LogP contribution is -2.25. The van der Waals surface area contributed by atoms with Gasteiger partial charge in [-0.3, -0.25) is 4.79 Å². The van der Waals surface area contributed by atoms with Gasteiger partial charge in [-0.1, -0.05) is 35.5 Å². The van der Waals surface area contributed by atoms with E-state index in [1.54, 1.807) is 30.3 Å². The van der Waals surface area contributed by atoms with Gasteiger partial charge in [-0.25, -0.2) is 4.68 Å². The van der Waals surface area contributed by atoms with Crippen molar-refractivity contribution < 1.29 is 0 Å². The summed E-state index contributed by atoms with van der Waals surface area (Å²) in [6.07, 6.45) is 0. The van der Waals surface area contributed by atoms with Gasteiger partial charge < -0.3 is 0 Å². The highest BCUT2D eigenvalue weighted by Gasteiger charge is 2.07. The SMILES string of the molecule is N#Cc1ccccc1Cn1nnc2ccccc2c1=O. The number of benzene rings is 2. The number of hydrogen-bond donors (Lipinski definition) is 0. The van der Waals surface area contributed by atoms with Crippen molar-refractivity contribution in [2.45, 2.75) is 6.54 Å². The molecule has 3 aromatic rings. The summed E-state index contributed by atoms with van der Waals surface area (Å²) in [4.78, 5) is 12.3. The minimum Gasteiger partial charge on any atom is -0.267 e. The van der Waals surface area contributed by atoms with Crippen molar-refractivity contribution in [3.05, 3.63) is 70.0 Å². The lowest BCUT2D eigenvalue weighted by molar-refractivity contribution is 0.600. The van der Waals surface area contributed by atoms with E-state index in [0.29, 0.717) is 16.5 Å². The number of nitriles is 1. The molecular weight excluding hydrogens is 252 g/mol. The van der Waals surface area contributed by atoms with Crippen LogP contribution in [0.2, 0.25) is 0 Å². The molecule has 0 aliphatic rings. The molecule has 0 unspecified atom stereocenters. The quantitative estimate of drug-likeness (QED) is 0.704. The van der Waals surface area contributed by atoms with Crippen LogP contribution in [0.1, 0.15) is 11.1 Å². The zero-order valence-corrected chi connectivity index (χ0v) is 10.5. The summed E-state index contributed by atoms with van der Waals surface area (Å²) in [6.45, 7) is 0.237. The first-order chi connectivity index (χ1) is 9.79. The Morgan fingerprint density at radius 2 is 1.85 bits per heavy atom. The molecule has 0 N–H and O–H groups in total. The minimum atomic E-state index is -0.205. The fraction of sp³-hybridized carbons (Fsp3) is 0.0667. The van der Waals surface area contributed by atoms with Crippen LogP contribution in [0.25, 0.3) is 10.9 Å². The van der Waals surface area contributed by atoms with Crippen LogP contribution in [-0.4, -0.2) is 15.0 Å². The van der Waals surface area contributed by atoms with Gasteiger partial charge in [-0.05, 0) is 23.8 Å². The predicted octanol–water partition coefficient (Wildman–Crippen LogP) is 1.71. The molecule has 1 aromatic heterocycles. The van der Waals surface area contributed by atoms with Crippen molar-refractivity contribution in [1.82, 2.24) is 15.0 Å². The fourth-order valence-corrected chi connectivity index (χ4v) is 2.06. The molecule has 1 heterocycles. The Hall–Kier alpha value is -3.00. The molecule has 5 nitrogen and oxygen atoms in total. The normalized spacial score (nSPS) is 10.3. The van der Waals surface area contributed by atoms with Crippen molar-refractivity contribution >= 4 is 10.9 Å². The van der Waals surface area contributed by atoms with Crippen LogP contribution in [0.15, 0.2) is 53.3 Å². The zero-order chi connectivity index (χ0) is 13.9. The number of rotatable bonds is 2. The monoisotopic (exact) mass is 262 g/mol. The Morgan fingerprint density at radius 3 is 2.70 bits per heavy atom. The summed E-state index contributed by atoms with van der Waals surface area (Å²) < 4.78 is 1.28. The number of nitrogens with zero attached hydrogens (tertiary/aromatic N) is 4. The van der Waals surface area contributed by atoms with Crippen LogP contribution in [0, 0.1) is 11.3 Å². The van der Waals surface area contributed by atoms with E-state index in [1.165, 1.54) is 4.68 Å². The largest absolute Gasteiger partial charge is 0.277 e. The molecule has 0 saturated carbocycles. The van der Waals surface area contributed by atoms with E-state index in [-0.39, 0.29) is 12.1 Å². The van der Waals surface area contributed by atoms with Crippen LogP contribution in [-0.2, 0) is 6.54 Å². The van der Waals surface area contributed by atoms with Gasteiger partial charge >= 0.3 is 0 Å². The fourth-order valence-electron chi connectivity index (χ4n) is 2.06. The molecule has 0 spiro atoms. The summed E-state index contributed by atoms with van der Waals surface area (Å²) in [7, 11) is 0. The van der Waals surface area contributed by atoms with E-state index < -0.39 is 0 Å². The molecular formula is C15H10N4O. The van der Waals surface area contributed by atoms with Crippen LogP contribution < -0.4 is 5.56 Å². The topological polar surface area (TPSA) is 71.6 Å². The highest BCUT2D eigenvalue weighted by molar-refractivity contribution is 5.76.